The maximum absolute atomic E-state index is 11.3. The molecule has 68 valence electrons. The number of hydrogen-bond acceptors (Lipinski definition) is 3. The Morgan fingerprint density at radius 3 is 3.00 bits per heavy atom. The fourth-order valence-corrected chi connectivity index (χ4v) is 1.27. The zero-order valence-electron chi connectivity index (χ0n) is 7.17. The Bertz CT molecular complexity index is 176. The molecule has 4 heteroatoms. The molecule has 0 aromatic heterocycles. The summed E-state index contributed by atoms with van der Waals surface area (Å²) in [6, 6.07) is -0.465. The summed E-state index contributed by atoms with van der Waals surface area (Å²) in [5.74, 6) is -0.0629. The van der Waals surface area contributed by atoms with Gasteiger partial charge in [0.1, 0.15) is 6.29 Å². The van der Waals surface area contributed by atoms with Crippen LogP contribution in [0.2, 0.25) is 0 Å². The van der Waals surface area contributed by atoms with Crippen molar-refractivity contribution in [3.8, 4) is 0 Å². The van der Waals surface area contributed by atoms with Gasteiger partial charge < -0.3 is 15.4 Å². The van der Waals surface area contributed by atoms with Crippen molar-refractivity contribution >= 4 is 12.2 Å². The van der Waals surface area contributed by atoms with E-state index in [4.69, 9.17) is 0 Å². The number of aldehydes is 1. The third-order valence-corrected chi connectivity index (χ3v) is 1.95. The Labute approximate surface area is 71.7 Å². The van der Waals surface area contributed by atoms with E-state index in [-0.39, 0.29) is 18.0 Å². The first-order valence-electron chi connectivity index (χ1n) is 4.23. The molecule has 2 N–H and O–H groups in total. The van der Waals surface area contributed by atoms with Gasteiger partial charge in [0.05, 0.1) is 12.1 Å². The molecule has 1 amide bonds. The van der Waals surface area contributed by atoms with Crippen LogP contribution in [0.3, 0.4) is 0 Å². The van der Waals surface area contributed by atoms with Crippen molar-refractivity contribution in [3.63, 3.8) is 0 Å². The third-order valence-electron chi connectivity index (χ3n) is 1.95. The molecule has 0 bridgehead atoms. The molecule has 0 spiro atoms. The highest BCUT2D eigenvalue weighted by Crippen LogP contribution is 2.04. The van der Waals surface area contributed by atoms with Crippen LogP contribution in [0.25, 0.3) is 0 Å². The molecule has 1 unspecified atom stereocenters. The minimum atomic E-state index is -0.375. The molecule has 0 aromatic rings. The Balaban J connectivity index is 2.31. The quantitative estimate of drug-likeness (QED) is 0.558. The van der Waals surface area contributed by atoms with Crippen molar-refractivity contribution in [1.82, 2.24) is 10.6 Å². The summed E-state index contributed by atoms with van der Waals surface area (Å²) in [6.07, 6.45) is 2.64. The molecule has 12 heavy (non-hydrogen) atoms. The molecule has 1 heterocycles. The van der Waals surface area contributed by atoms with Crippen molar-refractivity contribution in [2.75, 3.05) is 6.54 Å². The summed E-state index contributed by atoms with van der Waals surface area (Å²) in [5.41, 5.74) is 0. The van der Waals surface area contributed by atoms with Gasteiger partial charge in [-0.25, -0.2) is 0 Å². The topological polar surface area (TPSA) is 58.2 Å². The van der Waals surface area contributed by atoms with Crippen molar-refractivity contribution in [1.29, 1.82) is 0 Å². The second-order valence-corrected chi connectivity index (χ2v) is 3.08. The molecule has 0 saturated carbocycles. The first-order chi connectivity index (χ1) is 5.74. The number of hydrogen-bond donors (Lipinski definition) is 2. The molecule has 0 aliphatic carbocycles. The largest absolute Gasteiger partial charge is 0.346 e. The molecular formula is C8H14N2O2. The molecule has 0 aromatic carbocycles. The molecule has 1 aliphatic heterocycles. The van der Waals surface area contributed by atoms with E-state index < -0.39 is 0 Å². The second-order valence-electron chi connectivity index (χ2n) is 3.08. The summed E-state index contributed by atoms with van der Waals surface area (Å²) in [6.45, 7) is 2.56. The highest BCUT2D eigenvalue weighted by Gasteiger charge is 2.22. The molecule has 1 fully saturated rings. The smallest absolute Gasteiger partial charge is 0.237 e. The normalized spacial score (nSPS) is 24.9. The van der Waals surface area contributed by atoms with Crippen LogP contribution in [-0.4, -0.2) is 30.8 Å². The lowest BCUT2D eigenvalue weighted by Gasteiger charge is -2.12. The van der Waals surface area contributed by atoms with Gasteiger partial charge in [0.25, 0.3) is 0 Å². The van der Waals surface area contributed by atoms with E-state index in [1.165, 1.54) is 0 Å². The average Bonchev–Trinajstić information content (AvgIpc) is 2.56. The molecule has 4 nitrogen and oxygen atoms in total. The van der Waals surface area contributed by atoms with Crippen LogP contribution in [0.15, 0.2) is 0 Å². The summed E-state index contributed by atoms with van der Waals surface area (Å²) >= 11 is 0. The fourth-order valence-electron chi connectivity index (χ4n) is 1.27. The number of carbonyl (C=O) groups is 2. The number of rotatable bonds is 3. The van der Waals surface area contributed by atoms with Gasteiger partial charge in [0.15, 0.2) is 0 Å². The lowest BCUT2D eigenvalue weighted by Crippen LogP contribution is -2.44. The lowest BCUT2D eigenvalue weighted by molar-refractivity contribution is -0.125. The van der Waals surface area contributed by atoms with E-state index in [1.54, 1.807) is 6.92 Å². The Morgan fingerprint density at radius 2 is 2.50 bits per heavy atom. The van der Waals surface area contributed by atoms with Crippen LogP contribution in [-0.2, 0) is 9.59 Å². The first kappa shape index (κ1) is 9.19. The number of carbonyl (C=O) groups excluding carboxylic acids is 2. The van der Waals surface area contributed by atoms with E-state index in [0.29, 0.717) is 0 Å². The molecular weight excluding hydrogens is 156 g/mol. The Kier molecular flexibility index (Phi) is 3.22. The molecule has 1 aliphatic rings. The van der Waals surface area contributed by atoms with Crippen LogP contribution in [0, 0.1) is 0 Å². The van der Waals surface area contributed by atoms with E-state index >= 15 is 0 Å². The van der Waals surface area contributed by atoms with Gasteiger partial charge in [-0.1, -0.05) is 0 Å². The summed E-state index contributed by atoms with van der Waals surface area (Å²) in [7, 11) is 0. The van der Waals surface area contributed by atoms with Crippen LogP contribution in [0.5, 0.6) is 0 Å². The van der Waals surface area contributed by atoms with Gasteiger partial charge in [0, 0.05) is 0 Å². The zero-order valence-corrected chi connectivity index (χ0v) is 7.17. The highest BCUT2D eigenvalue weighted by molar-refractivity contribution is 5.84. The van der Waals surface area contributed by atoms with Gasteiger partial charge in [-0.3, -0.25) is 4.79 Å². The predicted molar refractivity (Wildman–Crippen MR) is 44.7 cm³/mol. The van der Waals surface area contributed by atoms with Crippen LogP contribution < -0.4 is 10.6 Å². The molecule has 1 saturated heterocycles. The minimum absolute atomic E-state index is 0.0629. The summed E-state index contributed by atoms with van der Waals surface area (Å²) < 4.78 is 0. The predicted octanol–water partition coefficient (Wildman–Crippen LogP) is -0.558. The standard InChI is InChI=1S/C8H14N2O2/c1-6(5-11)10-8(12)7-3-2-4-9-7/h5-7,9H,2-4H2,1H3,(H,10,12)/t6-,7?/m0/s1. The van der Waals surface area contributed by atoms with Crippen LogP contribution in [0.1, 0.15) is 19.8 Å². The average molecular weight is 170 g/mol. The lowest BCUT2D eigenvalue weighted by atomic mass is 10.2. The van der Waals surface area contributed by atoms with Gasteiger partial charge in [-0.2, -0.15) is 0 Å². The van der Waals surface area contributed by atoms with E-state index in [2.05, 4.69) is 10.6 Å². The van der Waals surface area contributed by atoms with Gasteiger partial charge in [0.2, 0.25) is 5.91 Å². The Hall–Kier alpha value is -0.900. The molecule has 2 atom stereocenters. The van der Waals surface area contributed by atoms with Crippen molar-refractivity contribution < 1.29 is 9.59 Å². The zero-order chi connectivity index (χ0) is 8.97. The van der Waals surface area contributed by atoms with Crippen molar-refractivity contribution in [2.24, 2.45) is 0 Å². The summed E-state index contributed by atoms with van der Waals surface area (Å²) in [5, 5.41) is 5.66. The second kappa shape index (κ2) is 4.21. The van der Waals surface area contributed by atoms with Crippen molar-refractivity contribution in [3.05, 3.63) is 0 Å². The fraction of sp³-hybridized carbons (Fsp3) is 0.750. The molecule has 1 rings (SSSR count). The maximum atomic E-state index is 11.3. The first-order valence-corrected chi connectivity index (χ1v) is 4.23. The molecule has 0 radical (unpaired) electrons. The van der Waals surface area contributed by atoms with E-state index in [0.717, 1.165) is 25.7 Å². The van der Waals surface area contributed by atoms with E-state index in [1.807, 2.05) is 0 Å². The van der Waals surface area contributed by atoms with Crippen molar-refractivity contribution in [2.45, 2.75) is 31.8 Å². The maximum Gasteiger partial charge on any atom is 0.237 e. The summed E-state index contributed by atoms with van der Waals surface area (Å²) in [4.78, 5) is 21.5. The number of nitrogens with one attached hydrogen (secondary N) is 2. The van der Waals surface area contributed by atoms with Crippen LogP contribution in [0.4, 0.5) is 0 Å². The number of amides is 1. The monoisotopic (exact) mass is 170 g/mol. The SMILES string of the molecule is C[C@@H](C=O)NC(=O)C1CCCN1. The van der Waals surface area contributed by atoms with Gasteiger partial charge in [-0.15, -0.1) is 0 Å². The van der Waals surface area contributed by atoms with Gasteiger partial charge >= 0.3 is 0 Å². The minimum Gasteiger partial charge on any atom is -0.346 e. The van der Waals surface area contributed by atoms with Crippen LogP contribution >= 0.6 is 0 Å². The third kappa shape index (κ3) is 2.30. The van der Waals surface area contributed by atoms with E-state index in [9.17, 15) is 9.59 Å². The Morgan fingerprint density at radius 1 is 1.75 bits per heavy atom. The van der Waals surface area contributed by atoms with Gasteiger partial charge in [-0.05, 0) is 26.3 Å². The highest BCUT2D eigenvalue weighted by atomic mass is 16.2.